The molecule has 1 N–H and O–H groups in total. The Labute approximate surface area is 99.3 Å². The third kappa shape index (κ3) is 2.69. The summed E-state index contributed by atoms with van der Waals surface area (Å²) < 4.78 is 0. The van der Waals surface area contributed by atoms with Crippen LogP contribution >= 0.6 is 0 Å². The average Bonchev–Trinajstić information content (AvgIpc) is 2.75. The lowest BCUT2D eigenvalue weighted by molar-refractivity contribution is 0.363. The van der Waals surface area contributed by atoms with Crippen molar-refractivity contribution < 1.29 is 0 Å². The molecule has 2 unspecified atom stereocenters. The van der Waals surface area contributed by atoms with Gasteiger partial charge in [-0.25, -0.2) is 0 Å². The molecule has 1 heterocycles. The highest BCUT2D eigenvalue weighted by molar-refractivity contribution is 5.80. The molecule has 0 bridgehead atoms. The highest BCUT2D eigenvalue weighted by atomic mass is 15.3. The number of rotatable bonds is 3. The van der Waals surface area contributed by atoms with Gasteiger partial charge in [0.1, 0.15) is 0 Å². The highest BCUT2D eigenvalue weighted by Gasteiger charge is 2.26. The van der Waals surface area contributed by atoms with E-state index in [9.17, 15) is 0 Å². The molecule has 16 heavy (non-hydrogen) atoms. The summed E-state index contributed by atoms with van der Waals surface area (Å²) in [7, 11) is 2.14. The average molecular weight is 223 g/mol. The minimum Gasteiger partial charge on any atom is -0.356 e. The second-order valence-electron chi connectivity index (χ2n) is 5.22. The fourth-order valence-corrected chi connectivity index (χ4v) is 3.05. The lowest BCUT2D eigenvalue weighted by Gasteiger charge is -2.27. The SMILES string of the molecule is CCC1CCCC1CNC1=NCCCN1C. The van der Waals surface area contributed by atoms with Gasteiger partial charge < -0.3 is 10.2 Å². The number of nitrogens with zero attached hydrogens (tertiary/aromatic N) is 2. The summed E-state index contributed by atoms with van der Waals surface area (Å²) in [6.07, 6.45) is 6.80. The van der Waals surface area contributed by atoms with Gasteiger partial charge in [0.05, 0.1) is 0 Å². The lowest BCUT2D eigenvalue weighted by atomic mass is 9.94. The Morgan fingerprint density at radius 2 is 2.12 bits per heavy atom. The molecule has 0 aromatic rings. The standard InChI is InChI=1S/C13H25N3/c1-3-11-6-4-7-12(11)10-15-13-14-8-5-9-16(13)2/h11-12H,3-10H2,1-2H3,(H,14,15). The van der Waals surface area contributed by atoms with Crippen molar-refractivity contribution in [1.29, 1.82) is 0 Å². The van der Waals surface area contributed by atoms with Crippen LogP contribution in [0.25, 0.3) is 0 Å². The van der Waals surface area contributed by atoms with Crippen LogP contribution in [0.3, 0.4) is 0 Å². The van der Waals surface area contributed by atoms with Gasteiger partial charge in [0.25, 0.3) is 0 Å². The summed E-state index contributed by atoms with van der Waals surface area (Å²) in [5.74, 6) is 2.94. The van der Waals surface area contributed by atoms with Crippen LogP contribution in [-0.4, -0.2) is 37.5 Å². The zero-order valence-electron chi connectivity index (χ0n) is 10.7. The van der Waals surface area contributed by atoms with Crippen LogP contribution in [0.15, 0.2) is 4.99 Å². The Morgan fingerprint density at radius 1 is 1.31 bits per heavy atom. The van der Waals surface area contributed by atoms with Crippen molar-refractivity contribution in [1.82, 2.24) is 10.2 Å². The monoisotopic (exact) mass is 223 g/mol. The van der Waals surface area contributed by atoms with Crippen LogP contribution in [0.2, 0.25) is 0 Å². The van der Waals surface area contributed by atoms with Crippen LogP contribution in [0.1, 0.15) is 39.0 Å². The van der Waals surface area contributed by atoms with Crippen molar-refractivity contribution in [2.75, 3.05) is 26.7 Å². The van der Waals surface area contributed by atoms with Gasteiger partial charge in [-0.05, 0) is 24.7 Å². The van der Waals surface area contributed by atoms with Crippen LogP contribution in [0, 0.1) is 11.8 Å². The van der Waals surface area contributed by atoms with E-state index in [1.807, 2.05) is 0 Å². The quantitative estimate of drug-likeness (QED) is 0.793. The van der Waals surface area contributed by atoms with E-state index in [4.69, 9.17) is 0 Å². The first-order valence-corrected chi connectivity index (χ1v) is 6.80. The predicted octanol–water partition coefficient (Wildman–Crippen LogP) is 2.09. The van der Waals surface area contributed by atoms with Gasteiger partial charge in [0.15, 0.2) is 5.96 Å². The number of nitrogens with one attached hydrogen (secondary N) is 1. The second kappa shape index (κ2) is 5.55. The van der Waals surface area contributed by atoms with Crippen molar-refractivity contribution in [3.8, 4) is 0 Å². The maximum Gasteiger partial charge on any atom is 0.193 e. The molecule has 1 aliphatic heterocycles. The highest BCUT2D eigenvalue weighted by Crippen LogP contribution is 2.33. The van der Waals surface area contributed by atoms with Crippen molar-refractivity contribution in [2.24, 2.45) is 16.8 Å². The third-order valence-electron chi connectivity index (χ3n) is 4.14. The molecule has 1 fully saturated rings. The first kappa shape index (κ1) is 11.7. The van der Waals surface area contributed by atoms with E-state index in [1.165, 1.54) is 32.1 Å². The molecule has 0 radical (unpaired) electrons. The normalized spacial score (nSPS) is 30.4. The van der Waals surface area contributed by atoms with Crippen LogP contribution in [0.4, 0.5) is 0 Å². The van der Waals surface area contributed by atoms with Crippen LogP contribution < -0.4 is 5.32 Å². The number of guanidine groups is 1. The Balaban J connectivity index is 1.80. The first-order valence-electron chi connectivity index (χ1n) is 6.80. The van der Waals surface area contributed by atoms with Gasteiger partial charge in [-0.1, -0.05) is 26.2 Å². The molecule has 0 saturated heterocycles. The Hall–Kier alpha value is -0.730. The molecule has 0 amide bonds. The summed E-state index contributed by atoms with van der Waals surface area (Å²) in [5.41, 5.74) is 0. The van der Waals surface area contributed by atoms with E-state index >= 15 is 0 Å². The van der Waals surface area contributed by atoms with E-state index in [-0.39, 0.29) is 0 Å². The Kier molecular flexibility index (Phi) is 4.08. The zero-order valence-corrected chi connectivity index (χ0v) is 10.7. The molecule has 1 aliphatic carbocycles. The van der Waals surface area contributed by atoms with Crippen LogP contribution in [-0.2, 0) is 0 Å². The number of hydrogen-bond acceptors (Lipinski definition) is 3. The third-order valence-corrected chi connectivity index (χ3v) is 4.14. The Morgan fingerprint density at radius 3 is 2.88 bits per heavy atom. The van der Waals surface area contributed by atoms with Gasteiger partial charge in [-0.15, -0.1) is 0 Å². The lowest BCUT2D eigenvalue weighted by Crippen LogP contribution is -2.44. The predicted molar refractivity (Wildman–Crippen MR) is 68.7 cm³/mol. The van der Waals surface area contributed by atoms with E-state index in [0.29, 0.717) is 0 Å². The molecule has 3 nitrogen and oxygen atoms in total. The van der Waals surface area contributed by atoms with Crippen molar-refractivity contribution in [3.63, 3.8) is 0 Å². The summed E-state index contributed by atoms with van der Waals surface area (Å²) >= 11 is 0. The van der Waals surface area contributed by atoms with E-state index < -0.39 is 0 Å². The van der Waals surface area contributed by atoms with Crippen molar-refractivity contribution in [3.05, 3.63) is 0 Å². The van der Waals surface area contributed by atoms with E-state index in [1.54, 1.807) is 0 Å². The topological polar surface area (TPSA) is 27.6 Å². The minimum atomic E-state index is 0.878. The Bertz CT molecular complexity index is 250. The van der Waals surface area contributed by atoms with Crippen molar-refractivity contribution in [2.45, 2.75) is 39.0 Å². The summed E-state index contributed by atoms with van der Waals surface area (Å²) in [5, 5.41) is 3.55. The molecule has 0 aromatic carbocycles. The molecule has 3 heteroatoms. The van der Waals surface area contributed by atoms with Gasteiger partial charge in [0, 0.05) is 26.7 Å². The minimum absolute atomic E-state index is 0.878. The fourth-order valence-electron chi connectivity index (χ4n) is 3.05. The van der Waals surface area contributed by atoms with E-state index in [2.05, 4.69) is 29.2 Å². The smallest absolute Gasteiger partial charge is 0.193 e. The molecule has 2 rings (SSSR count). The summed E-state index contributed by atoms with van der Waals surface area (Å²) in [6, 6.07) is 0. The molecule has 1 saturated carbocycles. The number of hydrogen-bond donors (Lipinski definition) is 1. The second-order valence-corrected chi connectivity index (χ2v) is 5.22. The van der Waals surface area contributed by atoms with Gasteiger partial charge >= 0.3 is 0 Å². The van der Waals surface area contributed by atoms with Crippen molar-refractivity contribution >= 4 is 5.96 Å². The summed E-state index contributed by atoms with van der Waals surface area (Å²) in [6.45, 7) is 5.59. The van der Waals surface area contributed by atoms with Gasteiger partial charge in [-0.2, -0.15) is 0 Å². The van der Waals surface area contributed by atoms with Gasteiger partial charge in [0.2, 0.25) is 0 Å². The molecule has 0 aromatic heterocycles. The molecule has 92 valence electrons. The molecular formula is C13H25N3. The zero-order chi connectivity index (χ0) is 11.4. The molecule has 2 atom stereocenters. The van der Waals surface area contributed by atoms with E-state index in [0.717, 1.165) is 37.4 Å². The largest absolute Gasteiger partial charge is 0.356 e. The maximum atomic E-state index is 4.55. The molecular weight excluding hydrogens is 198 g/mol. The fraction of sp³-hybridized carbons (Fsp3) is 0.923. The molecule has 0 spiro atoms. The number of aliphatic imine (C=N–C) groups is 1. The molecule has 2 aliphatic rings. The van der Waals surface area contributed by atoms with Gasteiger partial charge in [-0.3, -0.25) is 4.99 Å². The summed E-state index contributed by atoms with van der Waals surface area (Å²) in [4.78, 5) is 6.80. The van der Waals surface area contributed by atoms with Crippen LogP contribution in [0.5, 0.6) is 0 Å². The maximum absolute atomic E-state index is 4.55. The first-order chi connectivity index (χ1) is 7.81.